The number of benzene rings is 4. The Kier molecular flexibility index (Phi) is 9.10. The van der Waals surface area contributed by atoms with Gasteiger partial charge in [0.15, 0.2) is 0 Å². The van der Waals surface area contributed by atoms with Crippen molar-refractivity contribution in [2.24, 2.45) is 5.92 Å². The predicted octanol–water partition coefficient (Wildman–Crippen LogP) is 9.33. The van der Waals surface area contributed by atoms with E-state index in [9.17, 15) is 0 Å². The van der Waals surface area contributed by atoms with E-state index in [0.29, 0.717) is 17.4 Å². The number of rotatable bonds is 9. The largest absolute Gasteiger partial charge is 2.00 e. The summed E-state index contributed by atoms with van der Waals surface area (Å²) in [5, 5.41) is 6.90. The number of methoxy groups -OCH3 is 1. The molecule has 7 heteroatoms. The average molecular weight is 786 g/mol. The second kappa shape index (κ2) is 13.4. The van der Waals surface area contributed by atoms with Crippen molar-refractivity contribution in [1.82, 2.24) is 19.3 Å². The molecule has 1 unspecified atom stereocenters. The van der Waals surface area contributed by atoms with Crippen molar-refractivity contribution in [1.29, 1.82) is 0 Å². The van der Waals surface area contributed by atoms with Gasteiger partial charge in [0.2, 0.25) is 0 Å². The topological polar surface area (TPSA) is 54.1 Å². The first-order chi connectivity index (χ1) is 22.0. The third-order valence-electron chi connectivity index (χ3n) is 8.45. The number of aryl methyl sites for hydroxylation is 1. The van der Waals surface area contributed by atoms with Crippen LogP contribution in [0.25, 0.3) is 44.4 Å². The molecule has 0 saturated heterocycles. The third kappa shape index (κ3) is 5.98. The van der Waals surface area contributed by atoms with Crippen LogP contribution in [0.1, 0.15) is 31.4 Å². The van der Waals surface area contributed by atoms with Crippen LogP contribution >= 0.6 is 0 Å². The van der Waals surface area contributed by atoms with Crippen LogP contribution in [0.15, 0.2) is 104 Å². The minimum Gasteiger partial charge on any atom is -0.509 e. The fraction of sp³-hybridized carbons (Fsp3) is 0.179. The number of fused-ring (bicyclic) bond motifs is 3. The number of hydrogen-bond acceptors (Lipinski definition) is 4. The summed E-state index contributed by atoms with van der Waals surface area (Å²) in [5.41, 5.74) is 7.68. The molecule has 0 saturated carbocycles. The average Bonchev–Trinajstić information content (AvgIpc) is 3.68. The van der Waals surface area contributed by atoms with Gasteiger partial charge in [-0.2, -0.15) is 17.2 Å². The van der Waals surface area contributed by atoms with E-state index in [1.807, 2.05) is 59.4 Å². The van der Waals surface area contributed by atoms with Gasteiger partial charge in [0, 0.05) is 41.0 Å². The maximum atomic E-state index is 6.36. The van der Waals surface area contributed by atoms with E-state index < -0.39 is 0 Å². The minimum absolute atomic E-state index is 0. The van der Waals surface area contributed by atoms with E-state index in [4.69, 9.17) is 14.6 Å². The van der Waals surface area contributed by atoms with Gasteiger partial charge in [-0.25, -0.2) is 4.98 Å². The Labute approximate surface area is 283 Å². The quantitative estimate of drug-likeness (QED) is 0.137. The van der Waals surface area contributed by atoms with Gasteiger partial charge in [0.05, 0.1) is 13.3 Å². The van der Waals surface area contributed by atoms with Crippen molar-refractivity contribution in [3.63, 3.8) is 0 Å². The van der Waals surface area contributed by atoms with Crippen LogP contribution in [-0.4, -0.2) is 26.4 Å². The predicted molar refractivity (Wildman–Crippen MR) is 180 cm³/mol. The number of hydrogen-bond donors (Lipinski definition) is 0. The monoisotopic (exact) mass is 785 g/mol. The number of ether oxygens (including phenoxy) is 2. The molecule has 3 heterocycles. The Morgan fingerprint density at radius 1 is 0.891 bits per heavy atom. The molecule has 7 aromatic rings. The molecule has 1 atom stereocenters. The fourth-order valence-electron chi connectivity index (χ4n) is 5.98. The Balaban J connectivity index is 0.00000372. The van der Waals surface area contributed by atoms with Gasteiger partial charge in [-0.3, -0.25) is 4.68 Å². The Morgan fingerprint density at radius 2 is 1.72 bits per heavy atom. The third-order valence-corrected chi connectivity index (χ3v) is 8.45. The normalized spacial score (nSPS) is 11.8. The molecule has 0 aliphatic rings. The van der Waals surface area contributed by atoms with Crippen LogP contribution in [0.5, 0.6) is 17.2 Å². The Hall–Kier alpha value is -4.67. The van der Waals surface area contributed by atoms with E-state index in [1.54, 1.807) is 13.3 Å². The fourth-order valence-corrected chi connectivity index (χ4v) is 5.98. The van der Waals surface area contributed by atoms with Crippen molar-refractivity contribution in [3.05, 3.63) is 127 Å². The standard InChI is InChI=1S/C39H34N4O2.Pt/c1-5-26(2)20-28-11-8-10-27(3)39(28)29-24-41-42(25-29)30-12-9-13-32(21-30)45-33-16-17-35-34-14-6-7-15-36(34)43(37(35)22-33)38-23-31(44-4)18-19-40-38;/h6-19,23-26H,5,20H2,1-4H3;/q-2;+2. The molecule has 0 spiro atoms. The Bertz CT molecular complexity index is 2150. The van der Waals surface area contributed by atoms with Gasteiger partial charge < -0.3 is 14.0 Å². The van der Waals surface area contributed by atoms with E-state index >= 15 is 0 Å². The SMILES string of the molecule is CCC(C)Cc1cccc(C)c1-c1cnn(-c2[c-]c(Oc3[c-]c4c(cc3)c3ccccc3n4-c3cc(OC)ccn3)ccc2)c1.[Pt+2]. The molecule has 46 heavy (non-hydrogen) atoms. The van der Waals surface area contributed by atoms with Gasteiger partial charge in [-0.05, 0) is 59.2 Å². The van der Waals surface area contributed by atoms with Crippen LogP contribution < -0.4 is 9.47 Å². The molecule has 7 rings (SSSR count). The molecular formula is C39H34N4O2Pt. The van der Waals surface area contributed by atoms with E-state index in [0.717, 1.165) is 57.5 Å². The maximum absolute atomic E-state index is 6.36. The van der Waals surface area contributed by atoms with Gasteiger partial charge in [-0.15, -0.1) is 35.7 Å². The molecule has 0 radical (unpaired) electrons. The molecule has 0 fully saturated rings. The Morgan fingerprint density at radius 3 is 2.57 bits per heavy atom. The van der Waals surface area contributed by atoms with Crippen molar-refractivity contribution in [3.8, 4) is 39.9 Å². The second-order valence-corrected chi connectivity index (χ2v) is 11.5. The molecule has 0 aliphatic carbocycles. The first kappa shape index (κ1) is 31.3. The van der Waals surface area contributed by atoms with E-state index in [1.165, 1.54) is 16.7 Å². The summed E-state index contributed by atoms with van der Waals surface area (Å²) in [5.74, 6) is 3.26. The number of pyridine rings is 1. The summed E-state index contributed by atoms with van der Waals surface area (Å²) in [7, 11) is 1.66. The zero-order chi connectivity index (χ0) is 30.9. The summed E-state index contributed by atoms with van der Waals surface area (Å²) in [6, 6.07) is 35.4. The van der Waals surface area contributed by atoms with Gasteiger partial charge >= 0.3 is 21.1 Å². The molecule has 232 valence electrons. The molecule has 3 aromatic heterocycles. The number of para-hydroxylation sites is 1. The molecule has 0 aliphatic heterocycles. The zero-order valence-corrected chi connectivity index (χ0v) is 28.5. The summed E-state index contributed by atoms with van der Waals surface area (Å²) in [6.07, 6.45) is 7.97. The van der Waals surface area contributed by atoms with Crippen molar-refractivity contribution in [2.45, 2.75) is 33.6 Å². The van der Waals surface area contributed by atoms with Gasteiger partial charge in [-0.1, -0.05) is 62.2 Å². The van der Waals surface area contributed by atoms with Gasteiger partial charge in [0.25, 0.3) is 0 Å². The molecule has 0 bridgehead atoms. The summed E-state index contributed by atoms with van der Waals surface area (Å²) < 4.78 is 15.8. The van der Waals surface area contributed by atoms with Crippen LogP contribution in [0.3, 0.4) is 0 Å². The van der Waals surface area contributed by atoms with Crippen LogP contribution in [0.2, 0.25) is 0 Å². The van der Waals surface area contributed by atoms with Crippen molar-refractivity contribution in [2.75, 3.05) is 7.11 Å². The van der Waals surface area contributed by atoms with E-state index in [2.05, 4.69) is 85.1 Å². The molecule has 0 N–H and O–H groups in total. The molecular weight excluding hydrogens is 752 g/mol. The zero-order valence-electron chi connectivity index (χ0n) is 26.2. The summed E-state index contributed by atoms with van der Waals surface area (Å²) in [4.78, 5) is 4.65. The molecule has 4 aromatic carbocycles. The number of aromatic nitrogens is 4. The maximum Gasteiger partial charge on any atom is 2.00 e. The molecule has 6 nitrogen and oxygen atoms in total. The number of nitrogens with zero attached hydrogens (tertiary/aromatic N) is 4. The smallest absolute Gasteiger partial charge is 0.509 e. The first-order valence-electron chi connectivity index (χ1n) is 15.3. The van der Waals surface area contributed by atoms with Crippen LogP contribution in [-0.2, 0) is 27.5 Å². The van der Waals surface area contributed by atoms with Crippen LogP contribution in [0, 0.1) is 25.0 Å². The summed E-state index contributed by atoms with van der Waals surface area (Å²) >= 11 is 0. The molecule has 0 amide bonds. The van der Waals surface area contributed by atoms with Crippen molar-refractivity contribution >= 4 is 21.8 Å². The van der Waals surface area contributed by atoms with E-state index in [-0.39, 0.29) is 21.1 Å². The van der Waals surface area contributed by atoms with Crippen LogP contribution in [0.4, 0.5) is 0 Å². The first-order valence-corrected chi connectivity index (χ1v) is 15.3. The minimum atomic E-state index is 0. The van der Waals surface area contributed by atoms with Gasteiger partial charge in [0.1, 0.15) is 11.6 Å². The second-order valence-electron chi connectivity index (χ2n) is 11.5. The summed E-state index contributed by atoms with van der Waals surface area (Å²) in [6.45, 7) is 6.72. The van der Waals surface area contributed by atoms with Crippen molar-refractivity contribution < 1.29 is 30.5 Å².